The van der Waals surface area contributed by atoms with Gasteiger partial charge >= 0.3 is 0 Å². The molecular weight excluding hydrogens is 246 g/mol. The minimum Gasteiger partial charge on any atom is -0.497 e. The summed E-state index contributed by atoms with van der Waals surface area (Å²) in [6, 6.07) is 9.25. The van der Waals surface area contributed by atoms with Crippen LogP contribution in [-0.2, 0) is 5.41 Å². The minimum absolute atomic E-state index is 0.344. The van der Waals surface area contributed by atoms with Gasteiger partial charge in [-0.05, 0) is 36.5 Å². The Labute approximate surface area is 123 Å². The Morgan fingerprint density at radius 2 is 1.90 bits per heavy atom. The van der Waals surface area contributed by atoms with E-state index in [-0.39, 0.29) is 0 Å². The van der Waals surface area contributed by atoms with Crippen LogP contribution in [0.4, 0.5) is 0 Å². The van der Waals surface area contributed by atoms with Crippen LogP contribution < -0.4 is 10.1 Å². The molecule has 2 heteroatoms. The average molecular weight is 275 g/mol. The molecule has 20 heavy (non-hydrogen) atoms. The molecule has 0 atom stereocenters. The van der Waals surface area contributed by atoms with Gasteiger partial charge in [-0.15, -0.1) is 0 Å². The lowest BCUT2D eigenvalue weighted by atomic mass is 9.57. The molecule has 0 bridgehead atoms. The minimum atomic E-state index is 0.344. The molecule has 0 heterocycles. The SMILES string of the molecule is CCCC1CC(CNC(C)C)(c2ccc(OC)cc2)C1. The van der Waals surface area contributed by atoms with Crippen molar-refractivity contribution >= 4 is 0 Å². The number of nitrogens with one attached hydrogen (secondary N) is 1. The number of hydrogen-bond donors (Lipinski definition) is 1. The van der Waals surface area contributed by atoms with Gasteiger partial charge in [-0.1, -0.05) is 45.7 Å². The van der Waals surface area contributed by atoms with E-state index >= 15 is 0 Å². The zero-order valence-electron chi connectivity index (χ0n) is 13.4. The van der Waals surface area contributed by atoms with Gasteiger partial charge in [0.1, 0.15) is 5.75 Å². The molecule has 1 saturated carbocycles. The van der Waals surface area contributed by atoms with Crippen molar-refractivity contribution in [3.8, 4) is 5.75 Å². The highest BCUT2D eigenvalue weighted by molar-refractivity contribution is 5.35. The highest BCUT2D eigenvalue weighted by atomic mass is 16.5. The van der Waals surface area contributed by atoms with E-state index in [1.807, 2.05) is 0 Å². The van der Waals surface area contributed by atoms with E-state index in [9.17, 15) is 0 Å². The van der Waals surface area contributed by atoms with Crippen LogP contribution in [0.2, 0.25) is 0 Å². The number of methoxy groups -OCH3 is 1. The standard InChI is InChI=1S/C18H29NO/c1-5-6-15-11-18(12-15,13-19-14(2)3)16-7-9-17(20-4)10-8-16/h7-10,14-15,19H,5-6,11-13H2,1-4H3. The highest BCUT2D eigenvalue weighted by Gasteiger charge is 2.44. The van der Waals surface area contributed by atoms with Crippen molar-refractivity contribution in [3.63, 3.8) is 0 Å². The normalized spacial score (nSPS) is 25.6. The molecule has 0 spiro atoms. The van der Waals surface area contributed by atoms with Gasteiger partial charge in [0.2, 0.25) is 0 Å². The summed E-state index contributed by atoms with van der Waals surface area (Å²) in [6.07, 6.45) is 5.33. The molecule has 1 aromatic rings. The van der Waals surface area contributed by atoms with E-state index in [4.69, 9.17) is 4.74 Å². The monoisotopic (exact) mass is 275 g/mol. The Kier molecular flexibility index (Phi) is 5.09. The fourth-order valence-electron chi connectivity index (χ4n) is 3.48. The number of hydrogen-bond acceptors (Lipinski definition) is 2. The first-order chi connectivity index (χ1) is 9.59. The van der Waals surface area contributed by atoms with Gasteiger partial charge in [0, 0.05) is 18.0 Å². The molecule has 1 fully saturated rings. The number of ether oxygens (including phenoxy) is 1. The van der Waals surface area contributed by atoms with E-state index in [1.54, 1.807) is 7.11 Å². The third-order valence-corrected chi connectivity index (χ3v) is 4.61. The van der Waals surface area contributed by atoms with Gasteiger partial charge in [-0.25, -0.2) is 0 Å². The van der Waals surface area contributed by atoms with Gasteiger partial charge < -0.3 is 10.1 Å². The van der Waals surface area contributed by atoms with Crippen molar-refractivity contribution in [2.75, 3.05) is 13.7 Å². The molecule has 2 rings (SSSR count). The van der Waals surface area contributed by atoms with Gasteiger partial charge in [0.05, 0.1) is 7.11 Å². The van der Waals surface area contributed by atoms with Crippen molar-refractivity contribution in [1.29, 1.82) is 0 Å². The number of rotatable bonds is 7. The van der Waals surface area contributed by atoms with Gasteiger partial charge in [-0.2, -0.15) is 0 Å². The summed E-state index contributed by atoms with van der Waals surface area (Å²) in [5.74, 6) is 1.86. The second-order valence-electron chi connectivity index (χ2n) is 6.61. The number of benzene rings is 1. The predicted molar refractivity (Wildman–Crippen MR) is 85.4 cm³/mol. The van der Waals surface area contributed by atoms with Crippen LogP contribution in [0.5, 0.6) is 5.75 Å². The summed E-state index contributed by atoms with van der Waals surface area (Å²) in [5, 5.41) is 3.65. The lowest BCUT2D eigenvalue weighted by molar-refractivity contribution is 0.126. The Bertz CT molecular complexity index is 404. The summed E-state index contributed by atoms with van der Waals surface area (Å²) < 4.78 is 5.28. The van der Waals surface area contributed by atoms with E-state index in [2.05, 4.69) is 50.4 Å². The van der Waals surface area contributed by atoms with Crippen LogP contribution in [0.25, 0.3) is 0 Å². The molecule has 0 aromatic heterocycles. The first kappa shape index (κ1) is 15.4. The summed E-state index contributed by atoms with van der Waals surface area (Å²) in [4.78, 5) is 0. The van der Waals surface area contributed by atoms with Crippen LogP contribution in [0.1, 0.15) is 52.0 Å². The molecule has 0 saturated heterocycles. The summed E-state index contributed by atoms with van der Waals surface area (Å²) in [6.45, 7) is 7.84. The second-order valence-corrected chi connectivity index (χ2v) is 6.61. The largest absolute Gasteiger partial charge is 0.497 e. The molecule has 2 nitrogen and oxygen atoms in total. The lowest BCUT2D eigenvalue weighted by Crippen LogP contribution is -2.49. The Hall–Kier alpha value is -1.02. The van der Waals surface area contributed by atoms with Gasteiger partial charge in [0.25, 0.3) is 0 Å². The fourth-order valence-corrected chi connectivity index (χ4v) is 3.48. The zero-order chi connectivity index (χ0) is 14.6. The third-order valence-electron chi connectivity index (χ3n) is 4.61. The Morgan fingerprint density at radius 3 is 2.40 bits per heavy atom. The van der Waals surface area contributed by atoms with Crippen LogP contribution >= 0.6 is 0 Å². The summed E-state index contributed by atoms with van der Waals surface area (Å²) in [7, 11) is 1.73. The molecule has 1 N–H and O–H groups in total. The average Bonchev–Trinajstić information content (AvgIpc) is 2.41. The predicted octanol–water partition coefficient (Wildman–Crippen LogP) is 4.14. The Morgan fingerprint density at radius 1 is 1.25 bits per heavy atom. The topological polar surface area (TPSA) is 21.3 Å². The van der Waals surface area contributed by atoms with Crippen LogP contribution in [0, 0.1) is 5.92 Å². The molecule has 0 unspecified atom stereocenters. The van der Waals surface area contributed by atoms with Gasteiger partial charge in [0.15, 0.2) is 0 Å². The van der Waals surface area contributed by atoms with E-state index in [1.165, 1.54) is 31.2 Å². The lowest BCUT2D eigenvalue weighted by Gasteiger charge is -2.49. The third kappa shape index (κ3) is 3.35. The van der Waals surface area contributed by atoms with E-state index in [0.29, 0.717) is 11.5 Å². The molecule has 1 aliphatic rings. The maximum atomic E-state index is 5.28. The van der Waals surface area contributed by atoms with Crippen molar-refractivity contribution in [2.45, 2.75) is 57.9 Å². The van der Waals surface area contributed by atoms with Crippen molar-refractivity contribution in [2.24, 2.45) is 5.92 Å². The summed E-state index contributed by atoms with van der Waals surface area (Å²) >= 11 is 0. The molecule has 0 amide bonds. The summed E-state index contributed by atoms with van der Waals surface area (Å²) in [5.41, 5.74) is 1.81. The maximum absolute atomic E-state index is 5.28. The van der Waals surface area contributed by atoms with Crippen molar-refractivity contribution < 1.29 is 4.74 Å². The molecule has 0 aliphatic heterocycles. The smallest absolute Gasteiger partial charge is 0.118 e. The molecule has 1 aliphatic carbocycles. The molecule has 112 valence electrons. The van der Waals surface area contributed by atoms with E-state index < -0.39 is 0 Å². The van der Waals surface area contributed by atoms with Crippen LogP contribution in [-0.4, -0.2) is 19.7 Å². The zero-order valence-corrected chi connectivity index (χ0v) is 13.4. The fraction of sp³-hybridized carbons (Fsp3) is 0.667. The van der Waals surface area contributed by atoms with Crippen LogP contribution in [0.3, 0.4) is 0 Å². The van der Waals surface area contributed by atoms with E-state index in [0.717, 1.165) is 18.2 Å². The quantitative estimate of drug-likeness (QED) is 0.807. The molecule has 1 aromatic carbocycles. The van der Waals surface area contributed by atoms with Crippen molar-refractivity contribution in [3.05, 3.63) is 29.8 Å². The Balaban J connectivity index is 2.10. The van der Waals surface area contributed by atoms with Crippen LogP contribution in [0.15, 0.2) is 24.3 Å². The molecule has 0 radical (unpaired) electrons. The van der Waals surface area contributed by atoms with Gasteiger partial charge in [-0.3, -0.25) is 0 Å². The second kappa shape index (κ2) is 6.62. The highest BCUT2D eigenvalue weighted by Crippen LogP contribution is 2.49. The maximum Gasteiger partial charge on any atom is 0.118 e. The molecular formula is C18H29NO. The van der Waals surface area contributed by atoms with Crippen molar-refractivity contribution in [1.82, 2.24) is 5.32 Å². The first-order valence-electron chi connectivity index (χ1n) is 7.97. The first-order valence-corrected chi connectivity index (χ1v) is 7.97.